The zero-order chi connectivity index (χ0) is 12.8. The highest BCUT2D eigenvalue weighted by Gasteiger charge is 2.19. The summed E-state index contributed by atoms with van der Waals surface area (Å²) in [5.74, 6) is -1.96. The number of amides is 1. The van der Waals surface area contributed by atoms with Crippen LogP contribution in [0.2, 0.25) is 0 Å². The lowest BCUT2D eigenvalue weighted by Crippen LogP contribution is -2.20. The molecule has 0 fully saturated rings. The number of carboxylic acids is 1. The molecule has 1 heterocycles. The second kappa shape index (κ2) is 5.98. The SMILES string of the molecule is CCCCCc1ccnc(C(=O)O)c1C(N)=O. The number of rotatable bonds is 6. The number of primary amides is 1. The van der Waals surface area contributed by atoms with Crippen LogP contribution in [0.15, 0.2) is 12.3 Å². The fourth-order valence-electron chi connectivity index (χ4n) is 1.71. The van der Waals surface area contributed by atoms with E-state index in [0.717, 1.165) is 19.3 Å². The third kappa shape index (κ3) is 3.27. The van der Waals surface area contributed by atoms with Gasteiger partial charge in [0.1, 0.15) is 0 Å². The van der Waals surface area contributed by atoms with Crippen LogP contribution in [0, 0.1) is 0 Å². The quantitative estimate of drug-likeness (QED) is 0.734. The Bertz CT molecular complexity index is 430. The van der Waals surface area contributed by atoms with Gasteiger partial charge in [-0.05, 0) is 24.5 Å². The van der Waals surface area contributed by atoms with E-state index in [4.69, 9.17) is 10.8 Å². The summed E-state index contributed by atoms with van der Waals surface area (Å²) < 4.78 is 0. The van der Waals surface area contributed by atoms with Crippen molar-refractivity contribution in [2.75, 3.05) is 0 Å². The van der Waals surface area contributed by atoms with Gasteiger partial charge in [-0.2, -0.15) is 0 Å². The van der Waals surface area contributed by atoms with E-state index >= 15 is 0 Å². The van der Waals surface area contributed by atoms with Gasteiger partial charge in [-0.15, -0.1) is 0 Å². The molecule has 0 aliphatic heterocycles. The molecule has 17 heavy (non-hydrogen) atoms. The lowest BCUT2D eigenvalue weighted by Gasteiger charge is -2.08. The summed E-state index contributed by atoms with van der Waals surface area (Å²) in [6.07, 6.45) is 5.04. The van der Waals surface area contributed by atoms with Crippen molar-refractivity contribution in [3.8, 4) is 0 Å². The lowest BCUT2D eigenvalue weighted by molar-refractivity contribution is 0.0685. The van der Waals surface area contributed by atoms with E-state index in [1.54, 1.807) is 6.07 Å². The molecular weight excluding hydrogens is 220 g/mol. The zero-order valence-electron chi connectivity index (χ0n) is 9.77. The van der Waals surface area contributed by atoms with Crippen LogP contribution in [0.3, 0.4) is 0 Å². The summed E-state index contributed by atoms with van der Waals surface area (Å²) >= 11 is 0. The average molecular weight is 236 g/mol. The lowest BCUT2D eigenvalue weighted by atomic mass is 10.00. The van der Waals surface area contributed by atoms with Gasteiger partial charge in [-0.3, -0.25) is 4.79 Å². The number of unbranched alkanes of at least 4 members (excludes halogenated alkanes) is 2. The molecule has 0 atom stereocenters. The van der Waals surface area contributed by atoms with E-state index in [1.165, 1.54) is 6.20 Å². The van der Waals surface area contributed by atoms with Gasteiger partial charge in [0.15, 0.2) is 5.69 Å². The number of hydrogen-bond donors (Lipinski definition) is 2. The summed E-state index contributed by atoms with van der Waals surface area (Å²) in [4.78, 5) is 25.9. The molecule has 92 valence electrons. The monoisotopic (exact) mass is 236 g/mol. The molecule has 0 saturated carbocycles. The number of aryl methyl sites for hydroxylation is 1. The molecule has 1 amide bonds. The largest absolute Gasteiger partial charge is 0.476 e. The van der Waals surface area contributed by atoms with Crippen LogP contribution >= 0.6 is 0 Å². The van der Waals surface area contributed by atoms with Crippen molar-refractivity contribution in [2.45, 2.75) is 32.6 Å². The van der Waals surface area contributed by atoms with E-state index in [0.29, 0.717) is 12.0 Å². The maximum absolute atomic E-state index is 11.3. The molecule has 1 aromatic rings. The fraction of sp³-hybridized carbons (Fsp3) is 0.417. The van der Waals surface area contributed by atoms with Gasteiger partial charge in [0.2, 0.25) is 0 Å². The Balaban J connectivity index is 3.07. The molecule has 5 nitrogen and oxygen atoms in total. The maximum Gasteiger partial charge on any atom is 0.355 e. The van der Waals surface area contributed by atoms with Crippen LogP contribution < -0.4 is 5.73 Å². The van der Waals surface area contributed by atoms with Gasteiger partial charge in [-0.1, -0.05) is 19.8 Å². The van der Waals surface area contributed by atoms with E-state index in [2.05, 4.69) is 11.9 Å². The Labute approximate surface area is 99.7 Å². The van der Waals surface area contributed by atoms with Crippen LogP contribution in [-0.2, 0) is 6.42 Å². The van der Waals surface area contributed by atoms with Crippen LogP contribution in [0.25, 0.3) is 0 Å². The molecule has 0 aromatic carbocycles. The molecule has 0 bridgehead atoms. The van der Waals surface area contributed by atoms with Crippen molar-refractivity contribution in [3.63, 3.8) is 0 Å². The van der Waals surface area contributed by atoms with Gasteiger partial charge < -0.3 is 10.8 Å². The normalized spacial score (nSPS) is 10.2. The predicted octanol–water partition coefficient (Wildman–Crippen LogP) is 1.61. The van der Waals surface area contributed by atoms with Gasteiger partial charge >= 0.3 is 5.97 Å². The minimum atomic E-state index is -1.23. The third-order valence-electron chi connectivity index (χ3n) is 2.54. The number of carboxylic acid groups (broad SMARTS) is 1. The Morgan fingerprint density at radius 1 is 1.41 bits per heavy atom. The van der Waals surface area contributed by atoms with Crippen LogP contribution in [0.1, 0.15) is 52.6 Å². The molecule has 3 N–H and O–H groups in total. The number of carbonyl (C=O) groups excluding carboxylic acids is 1. The van der Waals surface area contributed by atoms with Crippen LogP contribution in [0.4, 0.5) is 0 Å². The topological polar surface area (TPSA) is 93.3 Å². The molecule has 0 spiro atoms. The van der Waals surface area contributed by atoms with E-state index in [9.17, 15) is 9.59 Å². The molecule has 0 aliphatic rings. The predicted molar refractivity (Wildman–Crippen MR) is 62.9 cm³/mol. The fourth-order valence-corrected chi connectivity index (χ4v) is 1.71. The second-order valence-electron chi connectivity index (χ2n) is 3.82. The van der Waals surface area contributed by atoms with Gasteiger partial charge in [0.05, 0.1) is 5.56 Å². The number of nitrogens with zero attached hydrogens (tertiary/aromatic N) is 1. The van der Waals surface area contributed by atoms with Crippen molar-refractivity contribution in [1.29, 1.82) is 0 Å². The maximum atomic E-state index is 11.3. The first-order valence-electron chi connectivity index (χ1n) is 5.59. The van der Waals surface area contributed by atoms with E-state index < -0.39 is 11.9 Å². The number of aromatic carboxylic acids is 1. The summed E-state index contributed by atoms with van der Waals surface area (Å²) in [6, 6.07) is 1.65. The summed E-state index contributed by atoms with van der Waals surface area (Å²) in [5.41, 5.74) is 5.66. The van der Waals surface area contributed by atoms with Gasteiger partial charge in [0.25, 0.3) is 5.91 Å². The van der Waals surface area contributed by atoms with Crippen molar-refractivity contribution in [3.05, 3.63) is 29.1 Å². The Kier molecular flexibility index (Phi) is 4.63. The minimum absolute atomic E-state index is 0.0381. The molecule has 0 unspecified atom stereocenters. The first kappa shape index (κ1) is 13.2. The number of pyridine rings is 1. The number of hydrogen-bond acceptors (Lipinski definition) is 3. The number of aromatic nitrogens is 1. The zero-order valence-corrected chi connectivity index (χ0v) is 9.77. The molecule has 0 aliphatic carbocycles. The molecule has 5 heteroatoms. The third-order valence-corrected chi connectivity index (χ3v) is 2.54. The Morgan fingerprint density at radius 3 is 2.65 bits per heavy atom. The molecule has 1 rings (SSSR count). The molecule has 0 radical (unpaired) electrons. The van der Waals surface area contributed by atoms with Crippen molar-refractivity contribution in [1.82, 2.24) is 4.98 Å². The molecular formula is C12H16N2O3. The highest BCUT2D eigenvalue weighted by molar-refractivity contribution is 6.03. The molecule has 0 saturated heterocycles. The highest BCUT2D eigenvalue weighted by atomic mass is 16.4. The van der Waals surface area contributed by atoms with Crippen molar-refractivity contribution >= 4 is 11.9 Å². The first-order chi connectivity index (χ1) is 8.07. The smallest absolute Gasteiger partial charge is 0.355 e. The first-order valence-corrected chi connectivity index (χ1v) is 5.59. The van der Waals surface area contributed by atoms with Crippen LogP contribution in [-0.4, -0.2) is 22.0 Å². The van der Waals surface area contributed by atoms with Gasteiger partial charge in [0, 0.05) is 6.20 Å². The Morgan fingerprint density at radius 2 is 2.12 bits per heavy atom. The molecule has 1 aromatic heterocycles. The number of carbonyl (C=O) groups is 2. The van der Waals surface area contributed by atoms with E-state index in [1.807, 2.05) is 0 Å². The average Bonchev–Trinajstić information content (AvgIpc) is 2.28. The second-order valence-corrected chi connectivity index (χ2v) is 3.82. The summed E-state index contributed by atoms with van der Waals surface area (Å²) in [5, 5.41) is 8.94. The standard InChI is InChI=1S/C12H16N2O3/c1-2-3-4-5-8-6-7-14-10(12(16)17)9(8)11(13)15/h6-7H,2-5H2,1H3,(H2,13,15)(H,16,17). The van der Waals surface area contributed by atoms with Gasteiger partial charge in [-0.25, -0.2) is 9.78 Å². The summed E-state index contributed by atoms with van der Waals surface area (Å²) in [6.45, 7) is 2.07. The minimum Gasteiger partial charge on any atom is -0.476 e. The van der Waals surface area contributed by atoms with Crippen molar-refractivity contribution < 1.29 is 14.7 Å². The van der Waals surface area contributed by atoms with Crippen molar-refractivity contribution in [2.24, 2.45) is 5.73 Å². The van der Waals surface area contributed by atoms with Crippen LogP contribution in [0.5, 0.6) is 0 Å². The number of nitrogens with two attached hydrogens (primary N) is 1. The summed E-state index contributed by atoms with van der Waals surface area (Å²) in [7, 11) is 0. The van der Waals surface area contributed by atoms with E-state index in [-0.39, 0.29) is 11.3 Å². The highest BCUT2D eigenvalue weighted by Crippen LogP contribution is 2.15. The Hall–Kier alpha value is -1.91.